The molecule has 0 saturated heterocycles. The molecule has 1 N–H and O–H groups in total. The third-order valence-corrected chi connectivity index (χ3v) is 2.98. The third kappa shape index (κ3) is 3.61. The Balaban J connectivity index is 2.15. The SMILES string of the molecule is O=C(c1ccccc1)C(F)(F)C(O)/C=C/c1ccccc1. The number of aliphatic hydroxyl groups excluding tert-OH is 1. The van der Waals surface area contributed by atoms with Crippen molar-refractivity contribution in [1.29, 1.82) is 0 Å². The zero-order valence-corrected chi connectivity index (χ0v) is 11.1. The third-order valence-electron chi connectivity index (χ3n) is 2.98. The largest absolute Gasteiger partial charge is 0.382 e. The van der Waals surface area contributed by atoms with Crippen molar-refractivity contribution in [3.8, 4) is 0 Å². The lowest BCUT2D eigenvalue weighted by atomic mass is 10.0. The Kier molecular flexibility index (Phi) is 4.60. The molecule has 108 valence electrons. The first-order valence-electron chi connectivity index (χ1n) is 6.41. The normalized spacial score (nSPS) is 13.3. The van der Waals surface area contributed by atoms with Crippen LogP contribution in [0.25, 0.3) is 6.08 Å². The monoisotopic (exact) mass is 288 g/mol. The van der Waals surface area contributed by atoms with E-state index in [2.05, 4.69) is 0 Å². The van der Waals surface area contributed by atoms with Gasteiger partial charge >= 0.3 is 5.92 Å². The Morgan fingerprint density at radius 1 is 1.00 bits per heavy atom. The molecule has 2 aromatic carbocycles. The van der Waals surface area contributed by atoms with Crippen molar-refractivity contribution in [2.24, 2.45) is 0 Å². The van der Waals surface area contributed by atoms with E-state index in [-0.39, 0.29) is 5.56 Å². The van der Waals surface area contributed by atoms with Gasteiger partial charge in [0.05, 0.1) is 0 Å². The summed E-state index contributed by atoms with van der Waals surface area (Å²) in [6, 6.07) is 15.9. The average molecular weight is 288 g/mol. The first-order chi connectivity index (χ1) is 10.0. The van der Waals surface area contributed by atoms with E-state index in [1.54, 1.807) is 36.4 Å². The summed E-state index contributed by atoms with van der Waals surface area (Å²) in [5, 5.41) is 9.61. The molecule has 0 saturated carbocycles. The fourth-order valence-electron chi connectivity index (χ4n) is 1.80. The molecule has 0 spiro atoms. The number of hydrogen-bond acceptors (Lipinski definition) is 2. The van der Waals surface area contributed by atoms with E-state index in [1.165, 1.54) is 30.3 Å². The summed E-state index contributed by atoms with van der Waals surface area (Å²) in [5.41, 5.74) is 0.536. The zero-order chi connectivity index (χ0) is 15.3. The number of carbonyl (C=O) groups is 1. The van der Waals surface area contributed by atoms with Gasteiger partial charge in [-0.2, -0.15) is 8.78 Å². The highest BCUT2D eigenvalue weighted by atomic mass is 19.3. The molecule has 0 aliphatic carbocycles. The Hall–Kier alpha value is -2.33. The van der Waals surface area contributed by atoms with E-state index in [4.69, 9.17) is 0 Å². The number of benzene rings is 2. The van der Waals surface area contributed by atoms with Crippen LogP contribution in [0, 0.1) is 0 Å². The minimum atomic E-state index is -3.87. The first-order valence-corrected chi connectivity index (χ1v) is 6.41. The molecule has 0 heterocycles. The molecule has 0 aliphatic heterocycles. The maximum absolute atomic E-state index is 13.9. The van der Waals surface area contributed by atoms with Gasteiger partial charge in [-0.05, 0) is 11.6 Å². The predicted octanol–water partition coefficient (Wildman–Crippen LogP) is 3.58. The zero-order valence-electron chi connectivity index (χ0n) is 11.1. The number of Topliss-reactive ketones (excluding diaryl/α,β-unsaturated/α-hetero) is 1. The second kappa shape index (κ2) is 6.41. The van der Waals surface area contributed by atoms with Crippen molar-refractivity contribution < 1.29 is 18.7 Å². The molecular formula is C17H14F2O2. The van der Waals surface area contributed by atoms with E-state index in [1.807, 2.05) is 0 Å². The average Bonchev–Trinajstić information content (AvgIpc) is 2.53. The van der Waals surface area contributed by atoms with E-state index < -0.39 is 17.8 Å². The number of aliphatic hydroxyl groups is 1. The van der Waals surface area contributed by atoms with E-state index in [0.29, 0.717) is 5.56 Å². The van der Waals surface area contributed by atoms with Gasteiger partial charge < -0.3 is 5.11 Å². The molecule has 1 atom stereocenters. The smallest absolute Gasteiger partial charge is 0.338 e. The lowest BCUT2D eigenvalue weighted by Gasteiger charge is -2.18. The molecule has 0 fully saturated rings. The first kappa shape index (κ1) is 15.1. The highest BCUT2D eigenvalue weighted by Gasteiger charge is 2.45. The molecule has 0 aliphatic rings. The second-order valence-corrected chi connectivity index (χ2v) is 4.53. The predicted molar refractivity (Wildman–Crippen MR) is 77.2 cm³/mol. The summed E-state index contributed by atoms with van der Waals surface area (Å²) in [6.07, 6.45) is 0.109. The number of halogens is 2. The summed E-state index contributed by atoms with van der Waals surface area (Å²) in [7, 11) is 0. The van der Waals surface area contributed by atoms with Crippen LogP contribution >= 0.6 is 0 Å². The van der Waals surface area contributed by atoms with Crippen LogP contribution in [-0.2, 0) is 0 Å². The number of alkyl halides is 2. The maximum atomic E-state index is 13.9. The molecule has 21 heavy (non-hydrogen) atoms. The van der Waals surface area contributed by atoms with Crippen LogP contribution in [0.5, 0.6) is 0 Å². The van der Waals surface area contributed by atoms with Crippen LogP contribution < -0.4 is 0 Å². The van der Waals surface area contributed by atoms with Crippen LogP contribution in [-0.4, -0.2) is 22.9 Å². The van der Waals surface area contributed by atoms with Gasteiger partial charge in [-0.3, -0.25) is 4.79 Å². The standard InChI is InChI=1S/C17H14F2O2/c18-17(19,16(21)14-9-5-2-6-10-14)15(20)12-11-13-7-3-1-4-8-13/h1-12,15,20H/b12-11+. The molecule has 0 bridgehead atoms. The molecule has 4 heteroatoms. The molecule has 2 aromatic rings. The molecule has 2 nitrogen and oxygen atoms in total. The lowest BCUT2D eigenvalue weighted by Crippen LogP contribution is -2.40. The van der Waals surface area contributed by atoms with Crippen molar-refractivity contribution in [1.82, 2.24) is 0 Å². The van der Waals surface area contributed by atoms with Gasteiger partial charge in [-0.15, -0.1) is 0 Å². The Morgan fingerprint density at radius 3 is 2.10 bits per heavy atom. The Bertz CT molecular complexity index is 622. The van der Waals surface area contributed by atoms with Crippen LogP contribution in [0.4, 0.5) is 8.78 Å². The topological polar surface area (TPSA) is 37.3 Å². The van der Waals surface area contributed by atoms with E-state index in [0.717, 1.165) is 6.08 Å². The fourth-order valence-corrected chi connectivity index (χ4v) is 1.80. The van der Waals surface area contributed by atoms with Crippen LogP contribution in [0.2, 0.25) is 0 Å². The van der Waals surface area contributed by atoms with Crippen molar-refractivity contribution in [2.45, 2.75) is 12.0 Å². The summed E-state index contributed by atoms with van der Waals surface area (Å²) < 4.78 is 27.9. The Morgan fingerprint density at radius 2 is 1.52 bits per heavy atom. The van der Waals surface area contributed by atoms with E-state index >= 15 is 0 Å². The molecule has 2 rings (SSSR count). The van der Waals surface area contributed by atoms with Gasteiger partial charge in [0.1, 0.15) is 6.10 Å². The van der Waals surface area contributed by atoms with Gasteiger partial charge in [0.2, 0.25) is 5.78 Å². The van der Waals surface area contributed by atoms with Crippen molar-refractivity contribution in [3.63, 3.8) is 0 Å². The highest BCUT2D eigenvalue weighted by Crippen LogP contribution is 2.25. The number of ketones is 1. The molecule has 0 aromatic heterocycles. The van der Waals surface area contributed by atoms with Gasteiger partial charge in [0.15, 0.2) is 0 Å². The number of hydrogen-bond donors (Lipinski definition) is 1. The van der Waals surface area contributed by atoms with Gasteiger partial charge in [-0.25, -0.2) is 0 Å². The number of rotatable bonds is 5. The molecular weight excluding hydrogens is 274 g/mol. The maximum Gasteiger partial charge on any atom is 0.338 e. The quantitative estimate of drug-likeness (QED) is 0.854. The molecule has 1 unspecified atom stereocenters. The van der Waals surface area contributed by atoms with Crippen LogP contribution in [0.15, 0.2) is 66.7 Å². The van der Waals surface area contributed by atoms with Gasteiger partial charge in [0, 0.05) is 5.56 Å². The second-order valence-electron chi connectivity index (χ2n) is 4.53. The van der Waals surface area contributed by atoms with Gasteiger partial charge in [0.25, 0.3) is 0 Å². The van der Waals surface area contributed by atoms with Crippen LogP contribution in [0.3, 0.4) is 0 Å². The van der Waals surface area contributed by atoms with Gasteiger partial charge in [-0.1, -0.05) is 66.7 Å². The summed E-state index contributed by atoms with van der Waals surface area (Å²) in [4.78, 5) is 11.8. The minimum Gasteiger partial charge on any atom is -0.382 e. The summed E-state index contributed by atoms with van der Waals surface area (Å²) in [6.45, 7) is 0. The lowest BCUT2D eigenvalue weighted by molar-refractivity contribution is -0.0566. The Labute approximate surface area is 121 Å². The number of carbonyl (C=O) groups excluding carboxylic acids is 1. The minimum absolute atomic E-state index is 0.130. The summed E-state index contributed by atoms with van der Waals surface area (Å²) >= 11 is 0. The molecule has 0 radical (unpaired) electrons. The highest BCUT2D eigenvalue weighted by molar-refractivity contribution is 6.02. The van der Waals surface area contributed by atoms with Crippen molar-refractivity contribution >= 4 is 11.9 Å². The van der Waals surface area contributed by atoms with Crippen molar-refractivity contribution in [2.75, 3.05) is 0 Å². The fraction of sp³-hybridized carbons (Fsp3) is 0.118. The van der Waals surface area contributed by atoms with Crippen molar-refractivity contribution in [3.05, 3.63) is 77.9 Å². The van der Waals surface area contributed by atoms with Crippen LogP contribution in [0.1, 0.15) is 15.9 Å². The summed E-state index contributed by atoms with van der Waals surface area (Å²) in [5.74, 6) is -5.26. The molecule has 0 amide bonds. The van der Waals surface area contributed by atoms with E-state index in [9.17, 15) is 18.7 Å².